The van der Waals surface area contributed by atoms with Crippen molar-refractivity contribution in [3.63, 3.8) is 0 Å². The molecule has 2 rings (SSSR count). The van der Waals surface area contributed by atoms with Crippen LogP contribution in [0.5, 0.6) is 5.75 Å². The Morgan fingerprint density at radius 1 is 1.25 bits per heavy atom. The van der Waals surface area contributed by atoms with Crippen molar-refractivity contribution < 1.29 is 22.6 Å². The van der Waals surface area contributed by atoms with Crippen molar-refractivity contribution in [1.29, 1.82) is 0 Å². The van der Waals surface area contributed by atoms with Crippen LogP contribution >= 0.6 is 11.6 Å². The third kappa shape index (κ3) is 5.86. The number of hydrogen-bond donors (Lipinski definition) is 1. The first-order valence-corrected chi connectivity index (χ1v) is 9.39. The van der Waals surface area contributed by atoms with Gasteiger partial charge in [-0.15, -0.1) is 0 Å². The summed E-state index contributed by atoms with van der Waals surface area (Å²) in [7, 11) is 3.50. The molecule has 0 aliphatic rings. The van der Waals surface area contributed by atoms with Crippen molar-refractivity contribution in [2.75, 3.05) is 33.9 Å². The molecule has 0 fully saturated rings. The van der Waals surface area contributed by atoms with Gasteiger partial charge in [-0.3, -0.25) is 5.10 Å². The second-order valence-corrected chi connectivity index (χ2v) is 6.91. The Morgan fingerprint density at radius 2 is 2.00 bits per heavy atom. The molecule has 0 spiro atoms. The van der Waals surface area contributed by atoms with Crippen LogP contribution in [-0.4, -0.2) is 49.0 Å². The zero-order valence-electron chi connectivity index (χ0n) is 16.2. The lowest BCUT2D eigenvalue weighted by molar-refractivity contribution is -0.137. The SMILES string of the molecule is CCCN(C)Cc1cn[nH]c1-c1cc(OCCCOC)c(Cl)c(C(F)(F)F)c1. The standard InChI is InChI=1S/C19H25ClF3N3O2/c1-4-6-26(2)12-14-11-24-25-18(14)13-9-15(19(21,22)23)17(20)16(10-13)28-8-5-7-27-3/h9-11H,4-8,12H2,1-3H3,(H,24,25). The minimum atomic E-state index is -4.60. The highest BCUT2D eigenvalue weighted by molar-refractivity contribution is 6.33. The molecule has 0 bridgehead atoms. The summed E-state index contributed by atoms with van der Waals surface area (Å²) in [5.74, 6) is -0.00921. The number of ether oxygens (including phenoxy) is 2. The van der Waals surface area contributed by atoms with E-state index in [1.54, 1.807) is 13.3 Å². The van der Waals surface area contributed by atoms with Crippen LogP contribution in [0.1, 0.15) is 30.9 Å². The Balaban J connectivity index is 2.40. The number of nitrogens with zero attached hydrogens (tertiary/aromatic N) is 2. The first-order valence-electron chi connectivity index (χ1n) is 9.01. The normalized spacial score (nSPS) is 12.0. The van der Waals surface area contributed by atoms with Crippen LogP contribution in [0.2, 0.25) is 5.02 Å². The van der Waals surface area contributed by atoms with Gasteiger partial charge in [0.1, 0.15) is 5.75 Å². The molecule has 156 valence electrons. The van der Waals surface area contributed by atoms with Crippen molar-refractivity contribution >= 4 is 11.6 Å². The van der Waals surface area contributed by atoms with Gasteiger partial charge in [0.25, 0.3) is 0 Å². The largest absolute Gasteiger partial charge is 0.492 e. The molecule has 2 aromatic rings. The summed E-state index contributed by atoms with van der Waals surface area (Å²) in [5, 5.41) is 6.38. The van der Waals surface area contributed by atoms with Crippen LogP contribution < -0.4 is 4.74 Å². The molecule has 0 amide bonds. The van der Waals surface area contributed by atoms with Crippen LogP contribution in [0.4, 0.5) is 13.2 Å². The van der Waals surface area contributed by atoms with Gasteiger partial charge in [-0.1, -0.05) is 18.5 Å². The van der Waals surface area contributed by atoms with Gasteiger partial charge in [0, 0.05) is 37.8 Å². The lowest BCUT2D eigenvalue weighted by Gasteiger charge is -2.18. The van der Waals surface area contributed by atoms with E-state index in [1.807, 2.05) is 7.05 Å². The molecule has 5 nitrogen and oxygen atoms in total. The Labute approximate surface area is 167 Å². The van der Waals surface area contributed by atoms with Gasteiger partial charge in [-0.25, -0.2) is 0 Å². The molecule has 28 heavy (non-hydrogen) atoms. The molecule has 1 N–H and O–H groups in total. The molecule has 1 heterocycles. The van der Waals surface area contributed by atoms with Crippen LogP contribution in [-0.2, 0) is 17.5 Å². The first kappa shape index (κ1) is 22.5. The summed E-state index contributed by atoms with van der Waals surface area (Å²) in [6.07, 6.45) is -1.46. The molecule has 0 unspecified atom stereocenters. The number of H-pyrrole nitrogens is 1. The fraction of sp³-hybridized carbons (Fsp3) is 0.526. The highest BCUT2D eigenvalue weighted by Crippen LogP contribution is 2.42. The molecular formula is C19H25ClF3N3O2. The number of rotatable bonds is 10. The number of benzene rings is 1. The monoisotopic (exact) mass is 419 g/mol. The van der Waals surface area contributed by atoms with Crippen molar-refractivity contribution in [2.45, 2.75) is 32.5 Å². The average Bonchev–Trinajstić information content (AvgIpc) is 3.07. The van der Waals surface area contributed by atoms with Crippen molar-refractivity contribution in [3.8, 4) is 17.0 Å². The smallest absolute Gasteiger partial charge is 0.418 e. The van der Waals surface area contributed by atoms with E-state index in [2.05, 4.69) is 22.0 Å². The van der Waals surface area contributed by atoms with Crippen LogP contribution in [0.15, 0.2) is 18.3 Å². The van der Waals surface area contributed by atoms with E-state index in [-0.39, 0.29) is 12.4 Å². The fourth-order valence-electron chi connectivity index (χ4n) is 2.87. The Bertz CT molecular complexity index is 765. The van der Waals surface area contributed by atoms with E-state index >= 15 is 0 Å². The summed E-state index contributed by atoms with van der Waals surface area (Å²) in [6.45, 7) is 4.14. The summed E-state index contributed by atoms with van der Waals surface area (Å²) in [5.41, 5.74) is 0.718. The van der Waals surface area contributed by atoms with E-state index in [1.165, 1.54) is 6.07 Å². The predicted molar refractivity (Wildman–Crippen MR) is 103 cm³/mol. The topological polar surface area (TPSA) is 50.4 Å². The molecule has 0 aliphatic heterocycles. The molecule has 0 atom stereocenters. The van der Waals surface area contributed by atoms with Gasteiger partial charge < -0.3 is 14.4 Å². The Morgan fingerprint density at radius 3 is 2.64 bits per heavy atom. The molecule has 1 aromatic heterocycles. The maximum absolute atomic E-state index is 13.5. The molecular weight excluding hydrogens is 395 g/mol. The van der Waals surface area contributed by atoms with Gasteiger partial charge in [-0.05, 0) is 32.1 Å². The number of methoxy groups -OCH3 is 1. The zero-order valence-corrected chi connectivity index (χ0v) is 17.0. The quantitative estimate of drug-likeness (QED) is 0.550. The van der Waals surface area contributed by atoms with E-state index in [0.29, 0.717) is 30.8 Å². The summed E-state index contributed by atoms with van der Waals surface area (Å²) >= 11 is 5.99. The van der Waals surface area contributed by atoms with E-state index in [9.17, 15) is 13.2 Å². The second kappa shape index (κ2) is 10.1. The Kier molecular flexibility index (Phi) is 8.15. The summed E-state index contributed by atoms with van der Waals surface area (Å²) < 4.78 is 51.0. The highest BCUT2D eigenvalue weighted by Gasteiger charge is 2.35. The predicted octanol–water partition coefficient (Wildman–Crippen LogP) is 5.01. The Hall–Kier alpha value is -1.77. The van der Waals surface area contributed by atoms with Crippen LogP contribution in [0.3, 0.4) is 0 Å². The number of alkyl halides is 3. The molecule has 0 radical (unpaired) electrons. The van der Waals surface area contributed by atoms with Crippen LogP contribution in [0, 0.1) is 0 Å². The van der Waals surface area contributed by atoms with E-state index in [0.717, 1.165) is 24.6 Å². The maximum atomic E-state index is 13.5. The lowest BCUT2D eigenvalue weighted by Crippen LogP contribution is -2.18. The second-order valence-electron chi connectivity index (χ2n) is 6.54. The summed E-state index contributed by atoms with van der Waals surface area (Å²) in [6, 6.07) is 2.54. The third-order valence-electron chi connectivity index (χ3n) is 4.15. The van der Waals surface area contributed by atoms with Gasteiger partial charge in [0.05, 0.1) is 29.1 Å². The molecule has 0 saturated heterocycles. The fourth-order valence-corrected chi connectivity index (χ4v) is 3.14. The van der Waals surface area contributed by atoms with Gasteiger partial charge >= 0.3 is 6.18 Å². The van der Waals surface area contributed by atoms with E-state index < -0.39 is 16.8 Å². The number of aromatic amines is 1. The number of halogens is 4. The average molecular weight is 420 g/mol. The maximum Gasteiger partial charge on any atom is 0.418 e. The lowest BCUT2D eigenvalue weighted by atomic mass is 10.0. The molecule has 0 aliphatic carbocycles. The van der Waals surface area contributed by atoms with E-state index in [4.69, 9.17) is 21.1 Å². The minimum Gasteiger partial charge on any atom is -0.492 e. The highest BCUT2D eigenvalue weighted by atomic mass is 35.5. The van der Waals surface area contributed by atoms with Gasteiger partial charge in [-0.2, -0.15) is 18.3 Å². The first-order chi connectivity index (χ1) is 13.3. The summed E-state index contributed by atoms with van der Waals surface area (Å²) in [4.78, 5) is 2.08. The van der Waals surface area contributed by atoms with Crippen molar-refractivity contribution in [2.24, 2.45) is 0 Å². The number of aromatic nitrogens is 2. The van der Waals surface area contributed by atoms with Gasteiger partial charge in [0.2, 0.25) is 0 Å². The minimum absolute atomic E-state index is 0.00921. The molecule has 0 saturated carbocycles. The number of hydrogen-bond acceptors (Lipinski definition) is 4. The third-order valence-corrected chi connectivity index (χ3v) is 4.54. The number of nitrogens with one attached hydrogen (secondary N) is 1. The van der Waals surface area contributed by atoms with Crippen molar-refractivity contribution in [1.82, 2.24) is 15.1 Å². The van der Waals surface area contributed by atoms with Crippen LogP contribution in [0.25, 0.3) is 11.3 Å². The molecule has 9 heteroatoms. The zero-order chi connectivity index (χ0) is 20.7. The van der Waals surface area contributed by atoms with Crippen molar-refractivity contribution in [3.05, 3.63) is 34.5 Å². The van der Waals surface area contributed by atoms with Gasteiger partial charge in [0.15, 0.2) is 0 Å². The molecule has 1 aromatic carbocycles.